The minimum atomic E-state index is -0.0502. The topological polar surface area (TPSA) is 38.3 Å². The fraction of sp³-hybridized carbons (Fsp3) is 0.700. The first-order valence-electron chi connectivity index (χ1n) is 4.46. The summed E-state index contributed by atoms with van der Waals surface area (Å²) in [6.45, 7) is 2.51. The molecule has 1 saturated heterocycles. The average molecular weight is 181 g/mol. The van der Waals surface area contributed by atoms with Crippen LogP contribution in [0.1, 0.15) is 19.8 Å². The molecular formula is C10H15NO2. The molecule has 0 bridgehead atoms. The fourth-order valence-electron chi connectivity index (χ4n) is 1.43. The number of carbonyl (C=O) groups excluding carboxylic acids is 1. The van der Waals surface area contributed by atoms with Gasteiger partial charge in [-0.25, -0.2) is 0 Å². The minimum absolute atomic E-state index is 0.0502. The van der Waals surface area contributed by atoms with Crippen molar-refractivity contribution in [3.8, 4) is 11.8 Å². The largest absolute Gasteiger partial charge is 0.380 e. The van der Waals surface area contributed by atoms with Gasteiger partial charge in [-0.05, 0) is 13.3 Å². The minimum Gasteiger partial charge on any atom is -0.380 e. The molecule has 0 amide bonds. The third kappa shape index (κ3) is 2.83. The first-order valence-corrected chi connectivity index (χ1v) is 4.46. The van der Waals surface area contributed by atoms with E-state index in [2.05, 4.69) is 17.2 Å². The molecule has 2 atom stereocenters. The number of nitrogens with one attached hydrogen (secondary N) is 1. The van der Waals surface area contributed by atoms with Gasteiger partial charge < -0.3 is 10.1 Å². The summed E-state index contributed by atoms with van der Waals surface area (Å²) >= 11 is 0. The van der Waals surface area contributed by atoms with Gasteiger partial charge in [0.2, 0.25) is 0 Å². The molecule has 1 aliphatic rings. The van der Waals surface area contributed by atoms with E-state index in [-0.39, 0.29) is 17.9 Å². The van der Waals surface area contributed by atoms with Gasteiger partial charge >= 0.3 is 0 Å². The number of ether oxygens (including phenoxy) is 1. The van der Waals surface area contributed by atoms with Crippen LogP contribution in [0.25, 0.3) is 0 Å². The maximum absolute atomic E-state index is 11.4. The molecule has 1 fully saturated rings. The lowest BCUT2D eigenvalue weighted by Gasteiger charge is -2.06. The summed E-state index contributed by atoms with van der Waals surface area (Å²) in [4.78, 5) is 11.4. The smallest absolute Gasteiger partial charge is 0.161 e. The highest BCUT2D eigenvalue weighted by Crippen LogP contribution is 2.11. The van der Waals surface area contributed by atoms with E-state index in [0.29, 0.717) is 6.42 Å². The van der Waals surface area contributed by atoms with Crippen LogP contribution in [0, 0.1) is 11.8 Å². The van der Waals surface area contributed by atoms with E-state index in [0.717, 1.165) is 13.0 Å². The van der Waals surface area contributed by atoms with Crippen LogP contribution < -0.4 is 5.32 Å². The zero-order chi connectivity index (χ0) is 9.68. The Bertz CT molecular complexity index is 239. The second-order valence-corrected chi connectivity index (χ2v) is 3.12. The van der Waals surface area contributed by atoms with E-state index in [9.17, 15) is 4.79 Å². The van der Waals surface area contributed by atoms with Gasteiger partial charge in [0.05, 0.1) is 18.6 Å². The third-order valence-corrected chi connectivity index (χ3v) is 2.25. The van der Waals surface area contributed by atoms with Gasteiger partial charge in [-0.1, -0.05) is 5.92 Å². The van der Waals surface area contributed by atoms with Gasteiger partial charge in [-0.2, -0.15) is 0 Å². The molecule has 0 aliphatic carbocycles. The summed E-state index contributed by atoms with van der Waals surface area (Å²) in [7, 11) is 1.67. The van der Waals surface area contributed by atoms with Crippen LogP contribution in [0.3, 0.4) is 0 Å². The number of ketones is 1. The first kappa shape index (κ1) is 10.2. The predicted molar refractivity (Wildman–Crippen MR) is 50.3 cm³/mol. The quantitative estimate of drug-likeness (QED) is 0.638. The summed E-state index contributed by atoms with van der Waals surface area (Å²) < 4.78 is 5.15. The number of rotatable bonds is 3. The molecule has 3 heteroatoms. The molecular weight excluding hydrogens is 166 g/mol. The van der Waals surface area contributed by atoms with Gasteiger partial charge in [0.1, 0.15) is 0 Å². The lowest BCUT2D eigenvalue weighted by atomic mass is 10.1. The molecule has 13 heavy (non-hydrogen) atoms. The van der Waals surface area contributed by atoms with E-state index in [4.69, 9.17) is 4.74 Å². The highest BCUT2D eigenvalue weighted by atomic mass is 16.5. The maximum Gasteiger partial charge on any atom is 0.161 e. The Morgan fingerprint density at radius 1 is 1.69 bits per heavy atom. The van der Waals surface area contributed by atoms with Crippen molar-refractivity contribution in [3.05, 3.63) is 0 Å². The van der Waals surface area contributed by atoms with Crippen LogP contribution in [0.4, 0.5) is 0 Å². The Morgan fingerprint density at radius 2 is 2.46 bits per heavy atom. The molecule has 1 N–H and O–H groups in total. The number of Topliss-reactive ketones (excluding diaryl/α,β-unsaturated/α-hetero) is 1. The Balaban J connectivity index is 2.36. The SMILES string of the molecule is CC#CCC(=O)C1CC(OC)CN1. The second kappa shape index (κ2) is 5.00. The highest BCUT2D eigenvalue weighted by Gasteiger charge is 2.28. The molecule has 0 radical (unpaired) electrons. The van der Waals surface area contributed by atoms with Crippen LogP contribution in [0.5, 0.6) is 0 Å². The Kier molecular flexibility index (Phi) is 3.94. The van der Waals surface area contributed by atoms with Crippen molar-refractivity contribution in [2.75, 3.05) is 13.7 Å². The van der Waals surface area contributed by atoms with Gasteiger partial charge in [0.25, 0.3) is 0 Å². The molecule has 0 aromatic heterocycles. The summed E-state index contributed by atoms with van der Waals surface area (Å²) in [6.07, 6.45) is 1.31. The molecule has 0 aromatic carbocycles. The molecule has 1 aliphatic heterocycles. The van der Waals surface area contributed by atoms with Crippen LogP contribution in [0.15, 0.2) is 0 Å². The number of methoxy groups -OCH3 is 1. The lowest BCUT2D eigenvalue weighted by Crippen LogP contribution is -2.30. The van der Waals surface area contributed by atoms with Crippen molar-refractivity contribution in [2.45, 2.75) is 31.9 Å². The van der Waals surface area contributed by atoms with E-state index in [1.54, 1.807) is 14.0 Å². The van der Waals surface area contributed by atoms with Crippen LogP contribution in [0.2, 0.25) is 0 Å². The fourth-order valence-corrected chi connectivity index (χ4v) is 1.43. The van der Waals surface area contributed by atoms with Gasteiger partial charge in [-0.15, -0.1) is 5.92 Å². The molecule has 1 rings (SSSR count). The van der Waals surface area contributed by atoms with E-state index >= 15 is 0 Å². The monoisotopic (exact) mass is 181 g/mol. The van der Waals surface area contributed by atoms with Crippen molar-refractivity contribution in [1.29, 1.82) is 0 Å². The van der Waals surface area contributed by atoms with Crippen LogP contribution >= 0.6 is 0 Å². The van der Waals surface area contributed by atoms with Crippen molar-refractivity contribution < 1.29 is 9.53 Å². The van der Waals surface area contributed by atoms with Crippen molar-refractivity contribution in [1.82, 2.24) is 5.32 Å². The van der Waals surface area contributed by atoms with E-state index in [1.807, 2.05) is 0 Å². The third-order valence-electron chi connectivity index (χ3n) is 2.25. The summed E-state index contributed by atoms with van der Waals surface area (Å²) in [5, 5.41) is 3.12. The van der Waals surface area contributed by atoms with E-state index in [1.165, 1.54) is 0 Å². The Hall–Kier alpha value is -0.850. The second-order valence-electron chi connectivity index (χ2n) is 3.12. The van der Waals surface area contributed by atoms with Crippen LogP contribution in [-0.2, 0) is 9.53 Å². The Labute approximate surface area is 78.8 Å². The van der Waals surface area contributed by atoms with Crippen molar-refractivity contribution in [2.24, 2.45) is 0 Å². The van der Waals surface area contributed by atoms with Crippen LogP contribution in [-0.4, -0.2) is 31.6 Å². The maximum atomic E-state index is 11.4. The molecule has 0 aromatic rings. The van der Waals surface area contributed by atoms with Crippen molar-refractivity contribution >= 4 is 5.78 Å². The predicted octanol–water partition coefficient (Wildman–Crippen LogP) is 0.346. The summed E-state index contributed by atoms with van der Waals surface area (Å²) in [5.74, 6) is 5.67. The molecule has 72 valence electrons. The van der Waals surface area contributed by atoms with Crippen molar-refractivity contribution in [3.63, 3.8) is 0 Å². The molecule has 1 heterocycles. The Morgan fingerprint density at radius 3 is 3.00 bits per heavy atom. The normalized spacial score (nSPS) is 26.6. The average Bonchev–Trinajstić information content (AvgIpc) is 2.62. The highest BCUT2D eigenvalue weighted by molar-refractivity contribution is 5.86. The van der Waals surface area contributed by atoms with Gasteiger partial charge in [-0.3, -0.25) is 4.79 Å². The molecule has 0 saturated carbocycles. The summed E-state index contributed by atoms with van der Waals surface area (Å²) in [5.41, 5.74) is 0. The first-order chi connectivity index (χ1) is 6.27. The zero-order valence-corrected chi connectivity index (χ0v) is 8.09. The number of hydrogen-bond acceptors (Lipinski definition) is 3. The van der Waals surface area contributed by atoms with E-state index < -0.39 is 0 Å². The molecule has 3 nitrogen and oxygen atoms in total. The van der Waals surface area contributed by atoms with Gasteiger partial charge in [0.15, 0.2) is 5.78 Å². The van der Waals surface area contributed by atoms with Gasteiger partial charge in [0, 0.05) is 13.7 Å². The molecule has 2 unspecified atom stereocenters. The summed E-state index contributed by atoms with van der Waals surface area (Å²) in [6, 6.07) is -0.0502. The lowest BCUT2D eigenvalue weighted by molar-refractivity contribution is -0.119. The zero-order valence-electron chi connectivity index (χ0n) is 8.09. The standard InChI is InChI=1S/C10H15NO2/c1-3-4-5-10(12)9-6-8(13-2)7-11-9/h8-9,11H,5-7H2,1-2H3. The number of hydrogen-bond donors (Lipinski definition) is 1. The number of carbonyl (C=O) groups is 1. The molecule has 0 spiro atoms.